The maximum absolute atomic E-state index is 12.5. The maximum Gasteiger partial charge on any atom is 0.305 e. The van der Waals surface area contributed by atoms with E-state index in [0.717, 1.165) is 51.4 Å². The third-order valence-electron chi connectivity index (χ3n) is 13.8. The molecule has 2 unspecified atom stereocenters. The Labute approximate surface area is 429 Å². The van der Waals surface area contributed by atoms with Gasteiger partial charge in [-0.1, -0.05) is 274 Å². The molecule has 0 aromatic heterocycles. The van der Waals surface area contributed by atoms with Gasteiger partial charge in [-0.05, 0) is 77.0 Å². The summed E-state index contributed by atoms with van der Waals surface area (Å²) < 4.78 is 5.45. The summed E-state index contributed by atoms with van der Waals surface area (Å²) in [6.45, 7) is 4.84. The number of nitrogens with one attached hydrogen (secondary N) is 1. The number of allylic oxidation sites excluding steroid dienone is 7. The molecule has 0 aromatic carbocycles. The second-order valence-corrected chi connectivity index (χ2v) is 20.7. The largest absolute Gasteiger partial charge is 0.466 e. The SMILES string of the molecule is CCCCCCC/C=C\CCCCCCCC(=O)OCCCCCCCC/C=C\C/C=C\CCC(=O)NC(CO)C(O)/C=C/CCCCCCCCCCCCCCCCCCCCCCCCC. The van der Waals surface area contributed by atoms with E-state index in [9.17, 15) is 19.8 Å². The molecule has 0 saturated carbocycles. The van der Waals surface area contributed by atoms with Gasteiger partial charge in [0, 0.05) is 12.8 Å². The van der Waals surface area contributed by atoms with Crippen molar-refractivity contribution in [2.45, 2.75) is 328 Å². The Balaban J connectivity index is 3.57. The summed E-state index contributed by atoms with van der Waals surface area (Å²) in [5, 5.41) is 23.1. The van der Waals surface area contributed by atoms with Crippen LogP contribution in [0.2, 0.25) is 0 Å². The van der Waals surface area contributed by atoms with Crippen LogP contribution in [0.3, 0.4) is 0 Å². The predicted molar refractivity (Wildman–Crippen MR) is 301 cm³/mol. The number of rotatable bonds is 56. The lowest BCUT2D eigenvalue weighted by Gasteiger charge is -2.19. The van der Waals surface area contributed by atoms with Crippen LogP contribution in [0.25, 0.3) is 0 Å². The number of unbranched alkanes of at least 4 members (excludes halogenated alkanes) is 39. The first-order valence-corrected chi connectivity index (χ1v) is 30.4. The van der Waals surface area contributed by atoms with E-state index in [1.807, 2.05) is 12.2 Å². The van der Waals surface area contributed by atoms with Crippen LogP contribution in [0.5, 0.6) is 0 Å². The van der Waals surface area contributed by atoms with Crippen LogP contribution < -0.4 is 5.32 Å². The summed E-state index contributed by atoms with van der Waals surface area (Å²) in [7, 11) is 0. The van der Waals surface area contributed by atoms with E-state index in [1.165, 1.54) is 231 Å². The minimum atomic E-state index is -0.882. The molecule has 0 aliphatic heterocycles. The number of carbonyl (C=O) groups is 2. The highest BCUT2D eigenvalue weighted by Gasteiger charge is 2.17. The molecule has 1 amide bonds. The first-order valence-electron chi connectivity index (χ1n) is 30.4. The summed E-state index contributed by atoms with van der Waals surface area (Å²) in [6.07, 6.45) is 74.4. The van der Waals surface area contributed by atoms with Gasteiger partial charge in [0.25, 0.3) is 0 Å². The molecule has 69 heavy (non-hydrogen) atoms. The molecule has 0 aliphatic rings. The third-order valence-corrected chi connectivity index (χ3v) is 13.8. The second kappa shape index (κ2) is 58.4. The van der Waals surface area contributed by atoms with Gasteiger partial charge in [-0.15, -0.1) is 0 Å². The molecule has 6 heteroatoms. The minimum Gasteiger partial charge on any atom is -0.466 e. The van der Waals surface area contributed by atoms with E-state index < -0.39 is 12.1 Å². The van der Waals surface area contributed by atoms with E-state index >= 15 is 0 Å². The van der Waals surface area contributed by atoms with E-state index in [1.54, 1.807) is 6.08 Å². The van der Waals surface area contributed by atoms with E-state index in [2.05, 4.69) is 49.5 Å². The number of carbonyl (C=O) groups excluding carboxylic acids is 2. The van der Waals surface area contributed by atoms with Crippen molar-refractivity contribution in [1.82, 2.24) is 5.32 Å². The van der Waals surface area contributed by atoms with Gasteiger partial charge in [0.15, 0.2) is 0 Å². The van der Waals surface area contributed by atoms with Gasteiger partial charge in [-0.2, -0.15) is 0 Å². The van der Waals surface area contributed by atoms with Gasteiger partial charge in [0.2, 0.25) is 5.91 Å². The van der Waals surface area contributed by atoms with Gasteiger partial charge >= 0.3 is 5.97 Å². The Morgan fingerprint density at radius 2 is 0.739 bits per heavy atom. The average Bonchev–Trinajstić information content (AvgIpc) is 3.35. The highest BCUT2D eigenvalue weighted by atomic mass is 16.5. The average molecular weight is 969 g/mol. The first kappa shape index (κ1) is 66.8. The lowest BCUT2D eigenvalue weighted by Crippen LogP contribution is -2.45. The zero-order chi connectivity index (χ0) is 50.0. The summed E-state index contributed by atoms with van der Waals surface area (Å²) in [5.74, 6) is -0.174. The summed E-state index contributed by atoms with van der Waals surface area (Å²) in [4.78, 5) is 24.5. The number of hydrogen-bond donors (Lipinski definition) is 3. The number of aliphatic hydroxyl groups is 2. The summed E-state index contributed by atoms with van der Waals surface area (Å²) >= 11 is 0. The van der Waals surface area contributed by atoms with E-state index in [0.29, 0.717) is 25.9 Å². The number of ether oxygens (including phenoxy) is 1. The van der Waals surface area contributed by atoms with Crippen molar-refractivity contribution in [3.8, 4) is 0 Å². The lowest BCUT2D eigenvalue weighted by atomic mass is 10.0. The van der Waals surface area contributed by atoms with Crippen LogP contribution in [0.1, 0.15) is 316 Å². The lowest BCUT2D eigenvalue weighted by molar-refractivity contribution is -0.143. The monoisotopic (exact) mass is 968 g/mol. The van der Waals surface area contributed by atoms with Gasteiger partial charge < -0.3 is 20.3 Å². The molecule has 3 N–H and O–H groups in total. The molecule has 0 bridgehead atoms. The van der Waals surface area contributed by atoms with E-state index in [4.69, 9.17) is 4.74 Å². The van der Waals surface area contributed by atoms with Crippen molar-refractivity contribution in [2.24, 2.45) is 0 Å². The van der Waals surface area contributed by atoms with Crippen molar-refractivity contribution in [3.63, 3.8) is 0 Å². The molecule has 0 heterocycles. The smallest absolute Gasteiger partial charge is 0.305 e. The zero-order valence-electron chi connectivity index (χ0n) is 46.0. The predicted octanol–water partition coefficient (Wildman–Crippen LogP) is 19.0. The molecule has 0 aliphatic carbocycles. The van der Waals surface area contributed by atoms with Gasteiger partial charge in [-0.3, -0.25) is 9.59 Å². The Morgan fingerprint density at radius 1 is 0.406 bits per heavy atom. The summed E-state index contributed by atoms with van der Waals surface area (Å²) in [6, 6.07) is -0.674. The van der Waals surface area contributed by atoms with Crippen LogP contribution >= 0.6 is 0 Å². The topological polar surface area (TPSA) is 95.9 Å². The van der Waals surface area contributed by atoms with Crippen LogP contribution in [-0.2, 0) is 14.3 Å². The van der Waals surface area contributed by atoms with E-state index in [-0.39, 0.29) is 18.5 Å². The van der Waals surface area contributed by atoms with Crippen molar-refractivity contribution in [3.05, 3.63) is 48.6 Å². The minimum absolute atomic E-state index is 0.0269. The van der Waals surface area contributed by atoms with Crippen molar-refractivity contribution in [2.75, 3.05) is 13.2 Å². The van der Waals surface area contributed by atoms with Crippen LogP contribution in [0, 0.1) is 0 Å². The summed E-state index contributed by atoms with van der Waals surface area (Å²) in [5.41, 5.74) is 0. The molecule has 0 spiro atoms. The number of aliphatic hydroxyl groups excluding tert-OH is 2. The van der Waals surface area contributed by atoms with Crippen LogP contribution in [-0.4, -0.2) is 47.4 Å². The molecule has 0 rings (SSSR count). The molecule has 0 aromatic rings. The number of esters is 1. The zero-order valence-corrected chi connectivity index (χ0v) is 46.0. The fourth-order valence-corrected chi connectivity index (χ4v) is 9.15. The maximum atomic E-state index is 12.5. The van der Waals surface area contributed by atoms with Gasteiger partial charge in [-0.25, -0.2) is 0 Å². The fraction of sp³-hybridized carbons (Fsp3) is 0.841. The molecule has 2 atom stereocenters. The van der Waals surface area contributed by atoms with Crippen molar-refractivity contribution < 1.29 is 24.5 Å². The first-order chi connectivity index (χ1) is 34.0. The van der Waals surface area contributed by atoms with Crippen LogP contribution in [0.15, 0.2) is 48.6 Å². The molecule has 0 fully saturated rings. The van der Waals surface area contributed by atoms with Crippen molar-refractivity contribution >= 4 is 11.9 Å². The quantitative estimate of drug-likeness (QED) is 0.0321. The van der Waals surface area contributed by atoms with Crippen LogP contribution in [0.4, 0.5) is 0 Å². The molecular formula is C63H117NO5. The molecular weight excluding hydrogens is 851 g/mol. The molecule has 404 valence electrons. The molecule has 6 nitrogen and oxygen atoms in total. The highest BCUT2D eigenvalue weighted by molar-refractivity contribution is 5.76. The fourth-order valence-electron chi connectivity index (χ4n) is 9.15. The molecule has 0 saturated heterocycles. The Morgan fingerprint density at radius 3 is 1.14 bits per heavy atom. The van der Waals surface area contributed by atoms with Gasteiger partial charge in [0.05, 0.1) is 25.4 Å². The normalized spacial score (nSPS) is 12.9. The Bertz CT molecular complexity index is 1160. The van der Waals surface area contributed by atoms with Crippen molar-refractivity contribution in [1.29, 1.82) is 0 Å². The highest BCUT2D eigenvalue weighted by Crippen LogP contribution is 2.17. The number of hydrogen-bond acceptors (Lipinski definition) is 5. The molecule has 0 radical (unpaired) electrons. The Hall–Kier alpha value is -2.18. The standard InChI is InChI=1S/C63H117NO5/c1-3-5-7-9-11-13-15-17-19-20-21-22-23-24-25-26-27-28-29-31-35-39-43-47-51-55-61(66)60(59-65)64-62(67)56-52-48-44-40-36-32-30-34-38-42-46-50-54-58-69-63(68)57-53-49-45-41-37-33-18-16-14-12-10-8-6-4-2/h16,18,32,36,44,48,51,55,60-61,65-66H,3-15,17,19-31,33-35,37-43,45-47,49-50,52-54,56-59H2,1-2H3,(H,64,67)/b18-16-,36-32-,48-44-,55-51+. The second-order valence-electron chi connectivity index (χ2n) is 20.7. The van der Waals surface area contributed by atoms with Gasteiger partial charge in [0.1, 0.15) is 0 Å². The number of amides is 1. The third kappa shape index (κ3) is 55.0. The Kier molecular flexibility index (Phi) is 56.5.